The van der Waals surface area contributed by atoms with Crippen LogP contribution < -0.4 is 19.7 Å². The number of benzene rings is 3. The van der Waals surface area contributed by atoms with Crippen LogP contribution in [0.15, 0.2) is 69.1 Å². The topological polar surface area (TPSA) is 84.9 Å². The third-order valence-electron chi connectivity index (χ3n) is 5.57. The zero-order chi connectivity index (χ0) is 26.0. The zero-order valence-electron chi connectivity index (χ0n) is 19.7. The van der Waals surface area contributed by atoms with E-state index in [0.717, 1.165) is 26.1 Å². The maximum atomic E-state index is 13.3. The lowest BCUT2D eigenvalue weighted by atomic mass is 10.0. The van der Waals surface area contributed by atoms with Crippen LogP contribution in [0.1, 0.15) is 22.3 Å². The molecule has 7 nitrogen and oxygen atoms in total. The number of imide groups is 2. The van der Waals surface area contributed by atoms with E-state index in [1.807, 2.05) is 43.3 Å². The molecule has 3 aromatic carbocycles. The monoisotopic (exact) mass is 612 g/mol. The van der Waals surface area contributed by atoms with Crippen molar-refractivity contribution < 1.29 is 23.9 Å². The van der Waals surface area contributed by atoms with E-state index in [1.165, 1.54) is 13.2 Å². The predicted molar refractivity (Wildman–Crippen MR) is 144 cm³/mol. The summed E-state index contributed by atoms with van der Waals surface area (Å²) in [6, 6.07) is 15.8. The molecule has 9 heteroatoms. The molecule has 3 aromatic rings. The average molecular weight is 614 g/mol. The molecule has 184 valence electrons. The fourth-order valence-corrected chi connectivity index (χ4v) is 4.54. The largest absolute Gasteiger partial charge is 0.493 e. The number of methoxy groups -OCH3 is 1. The van der Waals surface area contributed by atoms with Gasteiger partial charge in [-0.3, -0.25) is 14.9 Å². The van der Waals surface area contributed by atoms with Gasteiger partial charge in [0.25, 0.3) is 11.8 Å². The van der Waals surface area contributed by atoms with Gasteiger partial charge >= 0.3 is 6.03 Å². The number of carbonyl (C=O) groups is 3. The number of hydrogen-bond donors (Lipinski definition) is 1. The third kappa shape index (κ3) is 5.37. The summed E-state index contributed by atoms with van der Waals surface area (Å²) in [5.41, 5.74) is 3.35. The van der Waals surface area contributed by atoms with Crippen molar-refractivity contribution in [1.82, 2.24) is 5.32 Å². The highest BCUT2D eigenvalue weighted by Crippen LogP contribution is 2.38. The molecule has 1 aliphatic heterocycles. The quantitative estimate of drug-likeness (QED) is 0.269. The number of ether oxygens (including phenoxy) is 2. The smallest absolute Gasteiger partial charge is 0.335 e. The van der Waals surface area contributed by atoms with Crippen molar-refractivity contribution >= 4 is 61.5 Å². The second-order valence-corrected chi connectivity index (χ2v) is 9.97. The first-order valence-corrected chi connectivity index (χ1v) is 12.5. The van der Waals surface area contributed by atoms with Gasteiger partial charge < -0.3 is 9.47 Å². The van der Waals surface area contributed by atoms with Crippen LogP contribution in [0.5, 0.6) is 11.5 Å². The standard InChI is InChI=1S/C27H22Br2N2O5/c1-15-4-5-16(2)22(10-15)31-26(33)20(25(32)30-27(31)34)11-18-12-21(29)24(23(13-18)35-3)36-14-17-6-8-19(28)9-7-17/h4-13H,14H2,1-3H3,(H,30,32,34)/b20-11+. The highest BCUT2D eigenvalue weighted by Gasteiger charge is 2.37. The van der Waals surface area contributed by atoms with Gasteiger partial charge in [-0.1, -0.05) is 40.2 Å². The van der Waals surface area contributed by atoms with Gasteiger partial charge in [-0.05, 0) is 88.4 Å². The molecule has 1 N–H and O–H groups in total. The van der Waals surface area contributed by atoms with E-state index in [2.05, 4.69) is 37.2 Å². The van der Waals surface area contributed by atoms with Crippen LogP contribution in [-0.4, -0.2) is 25.0 Å². The minimum Gasteiger partial charge on any atom is -0.493 e. The first-order valence-electron chi connectivity index (χ1n) is 10.9. The van der Waals surface area contributed by atoms with Crippen LogP contribution in [0.2, 0.25) is 0 Å². The molecule has 0 aromatic heterocycles. The Balaban J connectivity index is 1.66. The van der Waals surface area contributed by atoms with Gasteiger partial charge in [0.05, 0.1) is 17.3 Å². The molecule has 0 aliphatic carbocycles. The second kappa shape index (κ2) is 10.7. The SMILES string of the molecule is COc1cc(/C=C2\C(=O)NC(=O)N(c3cc(C)ccc3C)C2=O)cc(Br)c1OCc1ccc(Br)cc1. The summed E-state index contributed by atoms with van der Waals surface area (Å²) in [5.74, 6) is -0.575. The molecule has 4 rings (SSSR count). The number of urea groups is 1. The van der Waals surface area contributed by atoms with Gasteiger partial charge in [0, 0.05) is 4.47 Å². The van der Waals surface area contributed by atoms with Crippen molar-refractivity contribution in [3.63, 3.8) is 0 Å². The fourth-order valence-electron chi connectivity index (χ4n) is 3.70. The number of carbonyl (C=O) groups excluding carboxylic acids is 3. The number of amides is 4. The average Bonchev–Trinajstić information content (AvgIpc) is 2.84. The summed E-state index contributed by atoms with van der Waals surface area (Å²) in [7, 11) is 1.50. The van der Waals surface area contributed by atoms with Crippen molar-refractivity contribution in [2.24, 2.45) is 0 Å². The number of halogens is 2. The number of nitrogens with one attached hydrogen (secondary N) is 1. The van der Waals surface area contributed by atoms with Crippen LogP contribution in [-0.2, 0) is 16.2 Å². The number of hydrogen-bond acceptors (Lipinski definition) is 5. The summed E-state index contributed by atoms with van der Waals surface area (Å²) < 4.78 is 13.0. The second-order valence-electron chi connectivity index (χ2n) is 8.20. The Hall–Kier alpha value is -3.43. The Kier molecular flexibility index (Phi) is 7.61. The van der Waals surface area contributed by atoms with E-state index in [1.54, 1.807) is 25.1 Å². The van der Waals surface area contributed by atoms with E-state index < -0.39 is 17.8 Å². The maximum absolute atomic E-state index is 13.3. The lowest BCUT2D eigenvalue weighted by Crippen LogP contribution is -2.54. The van der Waals surface area contributed by atoms with Gasteiger partial charge in [0.1, 0.15) is 12.2 Å². The Morgan fingerprint density at radius 3 is 2.39 bits per heavy atom. The minimum absolute atomic E-state index is 0.173. The highest BCUT2D eigenvalue weighted by molar-refractivity contribution is 9.10. The van der Waals surface area contributed by atoms with Crippen LogP contribution in [0.3, 0.4) is 0 Å². The Bertz CT molecular complexity index is 1400. The molecular weight excluding hydrogens is 592 g/mol. The van der Waals surface area contributed by atoms with Crippen LogP contribution >= 0.6 is 31.9 Å². The lowest BCUT2D eigenvalue weighted by Gasteiger charge is -2.27. The van der Waals surface area contributed by atoms with E-state index in [4.69, 9.17) is 9.47 Å². The lowest BCUT2D eigenvalue weighted by molar-refractivity contribution is -0.122. The molecule has 0 atom stereocenters. The summed E-state index contributed by atoms with van der Waals surface area (Å²) >= 11 is 6.91. The number of rotatable bonds is 6. The Morgan fingerprint density at radius 2 is 1.69 bits per heavy atom. The summed E-state index contributed by atoms with van der Waals surface area (Å²) in [4.78, 5) is 39.5. The zero-order valence-corrected chi connectivity index (χ0v) is 22.9. The van der Waals surface area contributed by atoms with Crippen molar-refractivity contribution in [2.45, 2.75) is 20.5 Å². The van der Waals surface area contributed by atoms with Crippen molar-refractivity contribution in [3.05, 3.63) is 91.4 Å². The van der Waals surface area contributed by atoms with Crippen molar-refractivity contribution in [1.29, 1.82) is 0 Å². The molecule has 1 fully saturated rings. The molecule has 36 heavy (non-hydrogen) atoms. The minimum atomic E-state index is -0.786. The molecule has 1 heterocycles. The molecule has 1 saturated heterocycles. The van der Waals surface area contributed by atoms with Crippen molar-refractivity contribution in [3.8, 4) is 11.5 Å². The number of anilines is 1. The van der Waals surface area contributed by atoms with E-state index in [-0.39, 0.29) is 5.57 Å². The predicted octanol–water partition coefficient (Wildman–Crippen LogP) is 6.08. The maximum Gasteiger partial charge on any atom is 0.335 e. The summed E-state index contributed by atoms with van der Waals surface area (Å²) in [5, 5.41) is 2.26. The van der Waals surface area contributed by atoms with E-state index in [0.29, 0.717) is 33.8 Å². The number of aryl methyl sites for hydroxylation is 2. The van der Waals surface area contributed by atoms with Gasteiger partial charge in [-0.15, -0.1) is 0 Å². The molecule has 0 unspecified atom stereocenters. The van der Waals surface area contributed by atoms with Crippen molar-refractivity contribution in [2.75, 3.05) is 12.0 Å². The van der Waals surface area contributed by atoms with Gasteiger partial charge in [-0.25, -0.2) is 9.69 Å². The van der Waals surface area contributed by atoms with Gasteiger partial charge in [0.2, 0.25) is 0 Å². The summed E-state index contributed by atoms with van der Waals surface area (Å²) in [6.45, 7) is 3.97. The molecule has 0 radical (unpaired) electrons. The molecule has 0 bridgehead atoms. The molecular formula is C27H22Br2N2O5. The third-order valence-corrected chi connectivity index (χ3v) is 6.68. The molecule has 0 saturated carbocycles. The van der Waals surface area contributed by atoms with Gasteiger partial charge in [-0.2, -0.15) is 0 Å². The van der Waals surface area contributed by atoms with E-state index in [9.17, 15) is 14.4 Å². The normalized spacial score (nSPS) is 14.8. The van der Waals surface area contributed by atoms with Crippen LogP contribution in [0.25, 0.3) is 6.08 Å². The summed E-state index contributed by atoms with van der Waals surface area (Å²) in [6.07, 6.45) is 1.42. The Morgan fingerprint density at radius 1 is 0.972 bits per heavy atom. The Labute approximate surface area is 225 Å². The van der Waals surface area contributed by atoms with Gasteiger partial charge in [0.15, 0.2) is 11.5 Å². The van der Waals surface area contributed by atoms with Crippen LogP contribution in [0.4, 0.5) is 10.5 Å². The fraction of sp³-hybridized carbons (Fsp3) is 0.148. The first kappa shape index (κ1) is 25.7. The molecule has 4 amide bonds. The molecule has 0 spiro atoms. The number of nitrogens with zero attached hydrogens (tertiary/aromatic N) is 1. The van der Waals surface area contributed by atoms with Crippen LogP contribution in [0, 0.1) is 13.8 Å². The number of barbiturate groups is 1. The molecule has 1 aliphatic rings. The highest BCUT2D eigenvalue weighted by atomic mass is 79.9. The van der Waals surface area contributed by atoms with E-state index >= 15 is 0 Å². The first-order chi connectivity index (χ1) is 17.2.